The molecule has 0 saturated heterocycles. The van der Waals surface area contributed by atoms with Gasteiger partial charge in [-0.2, -0.15) is 0 Å². The summed E-state index contributed by atoms with van der Waals surface area (Å²) < 4.78 is 0. The first-order valence-electron chi connectivity index (χ1n) is 5.74. The minimum atomic E-state index is -0.624. The summed E-state index contributed by atoms with van der Waals surface area (Å²) in [6, 6.07) is 15.1. The number of nitrogens with one attached hydrogen (secondary N) is 1. The zero-order valence-electron chi connectivity index (χ0n) is 9.60. The Morgan fingerprint density at radius 2 is 1.67 bits per heavy atom. The number of aliphatic hydroxyl groups excluding tert-OH is 1. The molecular weight excluding hydrogens is 246 g/mol. The third-order valence-electron chi connectivity index (χ3n) is 3.08. The van der Waals surface area contributed by atoms with E-state index in [1.54, 1.807) is 12.1 Å². The van der Waals surface area contributed by atoms with Crippen molar-refractivity contribution < 1.29 is 5.11 Å². The molecule has 3 heteroatoms. The van der Waals surface area contributed by atoms with E-state index < -0.39 is 6.10 Å². The van der Waals surface area contributed by atoms with Crippen molar-refractivity contribution in [2.24, 2.45) is 0 Å². The first-order chi connectivity index (χ1) is 8.74. The van der Waals surface area contributed by atoms with E-state index in [0.29, 0.717) is 5.02 Å². The van der Waals surface area contributed by atoms with Crippen LogP contribution in [0.2, 0.25) is 5.02 Å². The predicted octanol–water partition coefficient (Wildman–Crippen LogP) is 3.90. The number of halogens is 1. The Hall–Kier alpha value is -1.77. The molecule has 2 nitrogen and oxygen atoms in total. The smallest absolute Gasteiger partial charge is 0.104 e. The lowest BCUT2D eigenvalue weighted by Gasteiger charge is -2.11. The normalized spacial score (nSPS) is 12.8. The van der Waals surface area contributed by atoms with Gasteiger partial charge in [-0.05, 0) is 46.8 Å². The van der Waals surface area contributed by atoms with Crippen molar-refractivity contribution in [2.75, 3.05) is 0 Å². The molecule has 2 aromatic carbocycles. The van der Waals surface area contributed by atoms with Crippen molar-refractivity contribution in [3.05, 3.63) is 70.9 Å². The number of fused-ring (bicyclic) bond motifs is 1. The zero-order chi connectivity index (χ0) is 12.5. The number of hydrogen-bond donors (Lipinski definition) is 2. The largest absolute Gasteiger partial charge is 0.384 e. The Morgan fingerprint density at radius 3 is 2.44 bits per heavy atom. The van der Waals surface area contributed by atoms with Gasteiger partial charge in [0.05, 0.1) is 0 Å². The average Bonchev–Trinajstić information content (AvgIpc) is 2.86. The topological polar surface area (TPSA) is 36.0 Å². The van der Waals surface area contributed by atoms with Crippen molar-refractivity contribution in [1.82, 2.24) is 4.98 Å². The molecular formula is C15H12ClNO. The predicted molar refractivity (Wildman–Crippen MR) is 73.8 cm³/mol. The molecule has 0 bridgehead atoms. The van der Waals surface area contributed by atoms with E-state index in [0.717, 1.165) is 22.0 Å². The maximum Gasteiger partial charge on any atom is 0.104 e. The monoisotopic (exact) mass is 257 g/mol. The molecule has 0 fully saturated rings. The van der Waals surface area contributed by atoms with Crippen LogP contribution in [-0.2, 0) is 0 Å². The first kappa shape index (κ1) is 11.3. The van der Waals surface area contributed by atoms with E-state index >= 15 is 0 Å². The van der Waals surface area contributed by atoms with Crippen LogP contribution in [0.15, 0.2) is 54.7 Å². The molecule has 0 aliphatic heterocycles. The van der Waals surface area contributed by atoms with Crippen LogP contribution in [0.4, 0.5) is 0 Å². The Balaban J connectivity index is 2.00. The Bertz CT molecular complexity index is 672. The third-order valence-corrected chi connectivity index (χ3v) is 3.33. The Labute approximate surface area is 110 Å². The highest BCUT2D eigenvalue weighted by Crippen LogP contribution is 2.25. The molecule has 1 unspecified atom stereocenters. The molecule has 0 aliphatic carbocycles. The molecule has 1 heterocycles. The molecule has 0 amide bonds. The van der Waals surface area contributed by atoms with Crippen LogP contribution in [0, 0.1) is 0 Å². The van der Waals surface area contributed by atoms with Gasteiger partial charge < -0.3 is 10.1 Å². The first-order valence-corrected chi connectivity index (χ1v) is 6.12. The van der Waals surface area contributed by atoms with Crippen LogP contribution in [-0.4, -0.2) is 10.1 Å². The second kappa shape index (κ2) is 4.48. The van der Waals surface area contributed by atoms with Crippen molar-refractivity contribution in [3.63, 3.8) is 0 Å². The number of aromatic nitrogens is 1. The molecule has 3 aromatic rings. The number of H-pyrrole nitrogens is 1. The standard InChI is InChI=1S/C15H12ClNO/c16-13-4-1-10(2-5-13)15(18)12-3-6-14-11(9-12)7-8-17-14/h1-9,15,17-18H. The lowest BCUT2D eigenvalue weighted by molar-refractivity contribution is 0.220. The fraction of sp³-hybridized carbons (Fsp3) is 0.0667. The molecule has 1 aromatic heterocycles. The fourth-order valence-corrected chi connectivity index (χ4v) is 2.21. The molecule has 90 valence electrons. The van der Waals surface area contributed by atoms with Gasteiger partial charge in [-0.1, -0.05) is 29.8 Å². The van der Waals surface area contributed by atoms with E-state index in [2.05, 4.69) is 4.98 Å². The second-order valence-corrected chi connectivity index (χ2v) is 4.71. The molecule has 0 saturated carbocycles. The summed E-state index contributed by atoms with van der Waals surface area (Å²) in [6.07, 6.45) is 1.27. The average molecular weight is 258 g/mol. The molecule has 0 radical (unpaired) electrons. The summed E-state index contributed by atoms with van der Waals surface area (Å²) in [4.78, 5) is 3.13. The highest BCUT2D eigenvalue weighted by molar-refractivity contribution is 6.30. The minimum absolute atomic E-state index is 0.624. The summed E-state index contributed by atoms with van der Waals surface area (Å²) in [5, 5.41) is 12.1. The van der Waals surface area contributed by atoms with Gasteiger partial charge in [0.2, 0.25) is 0 Å². The molecule has 3 rings (SSSR count). The fourth-order valence-electron chi connectivity index (χ4n) is 2.08. The summed E-state index contributed by atoms with van der Waals surface area (Å²) in [7, 11) is 0. The second-order valence-electron chi connectivity index (χ2n) is 4.28. The van der Waals surface area contributed by atoms with Gasteiger partial charge in [-0.15, -0.1) is 0 Å². The summed E-state index contributed by atoms with van der Waals surface area (Å²) in [6.45, 7) is 0. The van der Waals surface area contributed by atoms with Gasteiger partial charge in [0.1, 0.15) is 6.10 Å². The van der Waals surface area contributed by atoms with E-state index in [4.69, 9.17) is 11.6 Å². The maximum atomic E-state index is 10.3. The molecule has 1 atom stereocenters. The molecule has 0 spiro atoms. The van der Waals surface area contributed by atoms with Crippen LogP contribution in [0.1, 0.15) is 17.2 Å². The summed E-state index contributed by atoms with van der Waals surface area (Å²) in [5.41, 5.74) is 2.79. The van der Waals surface area contributed by atoms with Crippen LogP contribution < -0.4 is 0 Å². The van der Waals surface area contributed by atoms with Crippen LogP contribution >= 0.6 is 11.6 Å². The number of aliphatic hydroxyl groups is 1. The van der Waals surface area contributed by atoms with Crippen LogP contribution in [0.3, 0.4) is 0 Å². The van der Waals surface area contributed by atoms with Crippen molar-refractivity contribution >= 4 is 22.5 Å². The van der Waals surface area contributed by atoms with Gasteiger partial charge in [0.25, 0.3) is 0 Å². The Kier molecular flexibility index (Phi) is 2.82. The number of rotatable bonds is 2. The third kappa shape index (κ3) is 2.01. The number of hydrogen-bond acceptors (Lipinski definition) is 1. The lowest BCUT2D eigenvalue weighted by atomic mass is 10.0. The van der Waals surface area contributed by atoms with Gasteiger partial charge in [0, 0.05) is 16.7 Å². The molecule has 18 heavy (non-hydrogen) atoms. The van der Waals surface area contributed by atoms with Gasteiger partial charge >= 0.3 is 0 Å². The summed E-state index contributed by atoms with van der Waals surface area (Å²) >= 11 is 5.84. The van der Waals surface area contributed by atoms with E-state index in [-0.39, 0.29) is 0 Å². The highest BCUT2D eigenvalue weighted by Gasteiger charge is 2.10. The van der Waals surface area contributed by atoms with Gasteiger partial charge in [0.15, 0.2) is 0 Å². The SMILES string of the molecule is OC(c1ccc(Cl)cc1)c1ccc2[nH]ccc2c1. The molecule has 2 N–H and O–H groups in total. The van der Waals surface area contributed by atoms with E-state index in [9.17, 15) is 5.11 Å². The van der Waals surface area contributed by atoms with Crippen LogP contribution in [0.25, 0.3) is 10.9 Å². The van der Waals surface area contributed by atoms with E-state index in [1.807, 2.05) is 42.6 Å². The van der Waals surface area contributed by atoms with E-state index in [1.165, 1.54) is 0 Å². The summed E-state index contributed by atoms with van der Waals surface area (Å²) in [5.74, 6) is 0. The van der Waals surface area contributed by atoms with Gasteiger partial charge in [-0.3, -0.25) is 0 Å². The number of benzene rings is 2. The molecule has 0 aliphatic rings. The highest BCUT2D eigenvalue weighted by atomic mass is 35.5. The van der Waals surface area contributed by atoms with Crippen molar-refractivity contribution in [3.8, 4) is 0 Å². The number of aromatic amines is 1. The lowest BCUT2D eigenvalue weighted by Crippen LogP contribution is -1.98. The van der Waals surface area contributed by atoms with Crippen LogP contribution in [0.5, 0.6) is 0 Å². The minimum Gasteiger partial charge on any atom is -0.384 e. The quantitative estimate of drug-likeness (QED) is 0.718. The Morgan fingerprint density at radius 1 is 0.944 bits per heavy atom. The van der Waals surface area contributed by atoms with Crippen molar-refractivity contribution in [1.29, 1.82) is 0 Å². The zero-order valence-corrected chi connectivity index (χ0v) is 10.4. The van der Waals surface area contributed by atoms with Crippen molar-refractivity contribution in [2.45, 2.75) is 6.10 Å². The maximum absolute atomic E-state index is 10.3. The van der Waals surface area contributed by atoms with Gasteiger partial charge in [-0.25, -0.2) is 0 Å².